The minimum atomic E-state index is -0.201. The van der Waals surface area contributed by atoms with Gasteiger partial charge in [0.2, 0.25) is 6.54 Å². The van der Waals surface area contributed by atoms with Gasteiger partial charge in [-0.3, -0.25) is 10.1 Å². The van der Waals surface area contributed by atoms with E-state index in [4.69, 9.17) is 14.2 Å². The van der Waals surface area contributed by atoms with Crippen LogP contribution in [0.3, 0.4) is 0 Å². The predicted molar refractivity (Wildman–Crippen MR) is 102 cm³/mol. The van der Waals surface area contributed by atoms with E-state index in [0.717, 1.165) is 37.9 Å². The molecule has 1 fully saturated rings. The van der Waals surface area contributed by atoms with Gasteiger partial charge in [0.1, 0.15) is 0 Å². The molecule has 2 atom stereocenters. The standard InChI is InChI=1S/C20H28N2O5/c1-25-19-8-7-15(13-20(19)26-2)17(14-22(23)24)16-5-3-4-6-18(16)21-9-11-27-12-10-21/h6-8,13,16-17H,3-5,9-12,14H2,1-2H3/t16-,17+/m0/s1. The van der Waals surface area contributed by atoms with E-state index in [-0.39, 0.29) is 23.3 Å². The zero-order chi connectivity index (χ0) is 19.2. The van der Waals surface area contributed by atoms with Crippen LogP contribution in [0, 0.1) is 16.0 Å². The Hall–Kier alpha value is -2.28. The van der Waals surface area contributed by atoms with Crippen LogP contribution in [-0.2, 0) is 4.74 Å². The SMILES string of the molecule is COc1ccc([C@@H](C[N+](=O)[O-])[C@@H]2CCCC=C2N2CCOCC2)cc1OC. The summed E-state index contributed by atoms with van der Waals surface area (Å²) in [5.41, 5.74) is 2.17. The molecule has 0 radical (unpaired) electrons. The molecule has 1 aromatic carbocycles. The molecule has 7 heteroatoms. The fourth-order valence-electron chi connectivity index (χ4n) is 4.19. The Morgan fingerprint density at radius 3 is 2.67 bits per heavy atom. The van der Waals surface area contributed by atoms with Crippen LogP contribution in [0.1, 0.15) is 30.7 Å². The van der Waals surface area contributed by atoms with Gasteiger partial charge in [-0.05, 0) is 37.0 Å². The van der Waals surface area contributed by atoms with Gasteiger partial charge in [0.25, 0.3) is 0 Å². The first-order valence-electron chi connectivity index (χ1n) is 9.50. The maximum absolute atomic E-state index is 11.5. The van der Waals surface area contributed by atoms with Crippen molar-refractivity contribution in [2.75, 3.05) is 47.1 Å². The zero-order valence-corrected chi connectivity index (χ0v) is 16.1. The molecule has 27 heavy (non-hydrogen) atoms. The quantitative estimate of drug-likeness (QED) is 0.538. The first-order valence-corrected chi connectivity index (χ1v) is 9.50. The number of hydrogen-bond donors (Lipinski definition) is 0. The van der Waals surface area contributed by atoms with E-state index in [1.165, 1.54) is 5.70 Å². The fraction of sp³-hybridized carbons (Fsp3) is 0.600. The lowest BCUT2D eigenvalue weighted by Gasteiger charge is -2.39. The minimum Gasteiger partial charge on any atom is -0.493 e. The number of methoxy groups -OCH3 is 2. The highest BCUT2D eigenvalue weighted by Gasteiger charge is 2.35. The Balaban J connectivity index is 1.94. The summed E-state index contributed by atoms with van der Waals surface area (Å²) in [6.07, 6.45) is 5.31. The van der Waals surface area contributed by atoms with Gasteiger partial charge in [0.05, 0.1) is 33.4 Å². The van der Waals surface area contributed by atoms with Crippen molar-refractivity contribution >= 4 is 0 Å². The Bertz CT molecular complexity index is 685. The number of benzene rings is 1. The van der Waals surface area contributed by atoms with E-state index in [1.54, 1.807) is 14.2 Å². The Labute approximate surface area is 160 Å². The van der Waals surface area contributed by atoms with Crippen molar-refractivity contribution in [3.63, 3.8) is 0 Å². The van der Waals surface area contributed by atoms with Crippen molar-refractivity contribution < 1.29 is 19.1 Å². The maximum atomic E-state index is 11.5. The van der Waals surface area contributed by atoms with Crippen LogP contribution in [0.5, 0.6) is 11.5 Å². The predicted octanol–water partition coefficient (Wildman–Crippen LogP) is 3.08. The molecule has 1 saturated heterocycles. The molecule has 2 aliphatic rings. The van der Waals surface area contributed by atoms with Crippen molar-refractivity contribution in [3.8, 4) is 11.5 Å². The highest BCUT2D eigenvalue weighted by Crippen LogP contribution is 2.41. The third kappa shape index (κ3) is 4.53. The number of allylic oxidation sites excluding steroid dienone is 2. The van der Waals surface area contributed by atoms with Crippen molar-refractivity contribution in [1.29, 1.82) is 0 Å². The highest BCUT2D eigenvalue weighted by molar-refractivity contribution is 5.44. The molecular weight excluding hydrogens is 348 g/mol. The van der Waals surface area contributed by atoms with Crippen LogP contribution in [-0.4, -0.2) is 56.9 Å². The molecule has 0 bridgehead atoms. The van der Waals surface area contributed by atoms with E-state index in [1.807, 2.05) is 18.2 Å². The first kappa shape index (κ1) is 19.5. The number of hydrogen-bond acceptors (Lipinski definition) is 6. The van der Waals surface area contributed by atoms with E-state index < -0.39 is 0 Å². The molecule has 7 nitrogen and oxygen atoms in total. The molecule has 1 heterocycles. The van der Waals surface area contributed by atoms with Gasteiger partial charge < -0.3 is 19.1 Å². The largest absolute Gasteiger partial charge is 0.493 e. The van der Waals surface area contributed by atoms with E-state index in [2.05, 4.69) is 11.0 Å². The topological polar surface area (TPSA) is 74.1 Å². The lowest BCUT2D eigenvalue weighted by atomic mass is 9.77. The minimum absolute atomic E-state index is 0.0954. The summed E-state index contributed by atoms with van der Waals surface area (Å²) in [6, 6.07) is 5.65. The Morgan fingerprint density at radius 1 is 1.26 bits per heavy atom. The third-order valence-corrected chi connectivity index (χ3v) is 5.50. The Kier molecular flexibility index (Phi) is 6.55. The van der Waals surface area contributed by atoms with Gasteiger partial charge in [0.15, 0.2) is 11.5 Å². The summed E-state index contributed by atoms with van der Waals surface area (Å²) in [4.78, 5) is 13.6. The van der Waals surface area contributed by atoms with E-state index in [0.29, 0.717) is 24.7 Å². The second kappa shape index (κ2) is 9.08. The maximum Gasteiger partial charge on any atom is 0.211 e. The fourth-order valence-corrected chi connectivity index (χ4v) is 4.19. The smallest absolute Gasteiger partial charge is 0.211 e. The lowest BCUT2D eigenvalue weighted by molar-refractivity contribution is -0.484. The summed E-state index contributed by atoms with van der Waals surface area (Å²) < 4.78 is 16.2. The summed E-state index contributed by atoms with van der Waals surface area (Å²) in [7, 11) is 3.18. The van der Waals surface area contributed by atoms with Crippen LogP contribution < -0.4 is 9.47 Å². The van der Waals surface area contributed by atoms with Gasteiger partial charge in [-0.15, -0.1) is 0 Å². The molecule has 0 N–H and O–H groups in total. The second-order valence-electron chi connectivity index (χ2n) is 7.00. The van der Waals surface area contributed by atoms with E-state index in [9.17, 15) is 10.1 Å². The van der Waals surface area contributed by atoms with Crippen molar-refractivity contribution in [1.82, 2.24) is 4.90 Å². The Morgan fingerprint density at radius 2 is 2.00 bits per heavy atom. The number of nitro groups is 1. The van der Waals surface area contributed by atoms with Crippen LogP contribution in [0.15, 0.2) is 30.0 Å². The number of morpholine rings is 1. The van der Waals surface area contributed by atoms with Crippen LogP contribution in [0.2, 0.25) is 0 Å². The molecule has 1 aliphatic heterocycles. The normalized spacial score (nSPS) is 21.3. The van der Waals surface area contributed by atoms with Crippen LogP contribution in [0.25, 0.3) is 0 Å². The lowest BCUT2D eigenvalue weighted by Crippen LogP contribution is -2.40. The van der Waals surface area contributed by atoms with Gasteiger partial charge in [-0.2, -0.15) is 0 Å². The van der Waals surface area contributed by atoms with Gasteiger partial charge in [-0.1, -0.05) is 12.1 Å². The van der Waals surface area contributed by atoms with Crippen molar-refractivity contribution in [3.05, 3.63) is 45.6 Å². The van der Waals surface area contributed by atoms with Gasteiger partial charge in [0, 0.05) is 29.6 Å². The molecule has 0 amide bonds. The third-order valence-electron chi connectivity index (χ3n) is 5.50. The van der Waals surface area contributed by atoms with Crippen LogP contribution in [0.4, 0.5) is 0 Å². The zero-order valence-electron chi connectivity index (χ0n) is 16.1. The average Bonchev–Trinajstić information content (AvgIpc) is 2.72. The highest BCUT2D eigenvalue weighted by atomic mass is 16.6. The summed E-state index contributed by atoms with van der Waals surface area (Å²) >= 11 is 0. The molecule has 0 unspecified atom stereocenters. The molecule has 3 rings (SSSR count). The first-order chi connectivity index (χ1) is 13.1. The summed E-state index contributed by atoms with van der Waals surface area (Å²) in [5, 5.41) is 11.5. The van der Waals surface area contributed by atoms with Crippen LogP contribution >= 0.6 is 0 Å². The molecule has 1 aromatic rings. The molecule has 0 saturated carbocycles. The molecule has 1 aliphatic carbocycles. The average molecular weight is 376 g/mol. The second-order valence-corrected chi connectivity index (χ2v) is 7.00. The number of nitrogens with zero attached hydrogens (tertiary/aromatic N) is 2. The molecule has 0 spiro atoms. The molecule has 148 valence electrons. The summed E-state index contributed by atoms with van der Waals surface area (Å²) in [5.74, 6) is 1.17. The molecular formula is C20H28N2O5. The number of rotatable bonds is 7. The molecule has 0 aromatic heterocycles. The van der Waals surface area contributed by atoms with Gasteiger partial charge in [-0.25, -0.2) is 0 Å². The summed E-state index contributed by atoms with van der Waals surface area (Å²) in [6.45, 7) is 3.02. The van der Waals surface area contributed by atoms with E-state index >= 15 is 0 Å². The number of ether oxygens (including phenoxy) is 3. The van der Waals surface area contributed by atoms with Gasteiger partial charge >= 0.3 is 0 Å². The van der Waals surface area contributed by atoms with Crippen molar-refractivity contribution in [2.24, 2.45) is 5.92 Å². The monoisotopic (exact) mass is 376 g/mol. The van der Waals surface area contributed by atoms with Crippen molar-refractivity contribution in [2.45, 2.75) is 25.2 Å².